The maximum atomic E-state index is 8.89. The standard InChI is InChI=1S/C23H23NO3/c1-2-3-4-5-14-25-23-17-26-22(16-27-23)21-12-10-20(11-13-21)19-8-6-18(15-24)7-9-19/h2-13,22-23H,14,16-17H2,1H3/b3-2+,5-4+/t22-,23+/m1/s1. The van der Waals surface area contributed by atoms with Crippen LogP contribution in [0.5, 0.6) is 0 Å². The number of nitrogens with zero attached hydrogens (tertiary/aromatic N) is 1. The van der Waals surface area contributed by atoms with Crippen LogP contribution in [0.2, 0.25) is 0 Å². The van der Waals surface area contributed by atoms with Gasteiger partial charge in [-0.1, -0.05) is 60.7 Å². The Bertz CT molecular complexity index is 808. The number of ether oxygens (including phenoxy) is 3. The quantitative estimate of drug-likeness (QED) is 0.694. The smallest absolute Gasteiger partial charge is 0.181 e. The highest BCUT2D eigenvalue weighted by Gasteiger charge is 2.23. The van der Waals surface area contributed by atoms with Gasteiger partial charge in [0.15, 0.2) is 6.29 Å². The molecule has 0 aromatic heterocycles. The summed E-state index contributed by atoms with van der Waals surface area (Å²) in [4.78, 5) is 0. The summed E-state index contributed by atoms with van der Waals surface area (Å²) in [5, 5.41) is 8.89. The molecule has 1 aliphatic rings. The molecule has 0 spiro atoms. The minimum atomic E-state index is -0.325. The molecular formula is C23H23NO3. The zero-order chi connectivity index (χ0) is 18.9. The van der Waals surface area contributed by atoms with E-state index in [9.17, 15) is 0 Å². The average molecular weight is 361 g/mol. The van der Waals surface area contributed by atoms with E-state index < -0.39 is 0 Å². The van der Waals surface area contributed by atoms with E-state index in [1.54, 1.807) is 0 Å². The van der Waals surface area contributed by atoms with E-state index in [2.05, 4.69) is 30.3 Å². The third-order valence-corrected chi connectivity index (χ3v) is 4.31. The second kappa shape index (κ2) is 9.84. The first-order chi connectivity index (χ1) is 13.3. The number of rotatable bonds is 6. The van der Waals surface area contributed by atoms with Crippen LogP contribution in [0.3, 0.4) is 0 Å². The fourth-order valence-electron chi connectivity index (χ4n) is 2.81. The molecule has 0 bridgehead atoms. The summed E-state index contributed by atoms with van der Waals surface area (Å²) in [6.45, 7) is 3.36. The predicted molar refractivity (Wildman–Crippen MR) is 105 cm³/mol. The highest BCUT2D eigenvalue weighted by molar-refractivity contribution is 5.64. The third-order valence-electron chi connectivity index (χ3n) is 4.31. The lowest BCUT2D eigenvalue weighted by atomic mass is 10.0. The molecule has 1 saturated heterocycles. The molecule has 1 heterocycles. The third kappa shape index (κ3) is 5.38. The van der Waals surface area contributed by atoms with E-state index in [1.165, 1.54) is 0 Å². The molecule has 4 heteroatoms. The van der Waals surface area contributed by atoms with Crippen molar-refractivity contribution in [3.8, 4) is 17.2 Å². The van der Waals surface area contributed by atoms with Gasteiger partial charge in [-0.05, 0) is 35.7 Å². The number of hydrogen-bond acceptors (Lipinski definition) is 4. The Morgan fingerprint density at radius 2 is 1.70 bits per heavy atom. The first-order valence-corrected chi connectivity index (χ1v) is 9.03. The van der Waals surface area contributed by atoms with Crippen molar-refractivity contribution >= 4 is 0 Å². The van der Waals surface area contributed by atoms with Crippen LogP contribution in [-0.2, 0) is 14.2 Å². The van der Waals surface area contributed by atoms with Crippen molar-refractivity contribution in [2.24, 2.45) is 0 Å². The van der Waals surface area contributed by atoms with Gasteiger partial charge >= 0.3 is 0 Å². The van der Waals surface area contributed by atoms with Gasteiger partial charge in [-0.2, -0.15) is 5.26 Å². The molecule has 2 aromatic carbocycles. The second-order valence-electron chi connectivity index (χ2n) is 6.18. The van der Waals surface area contributed by atoms with Crippen molar-refractivity contribution in [2.45, 2.75) is 19.3 Å². The van der Waals surface area contributed by atoms with E-state index in [1.807, 2.05) is 55.5 Å². The summed E-state index contributed by atoms with van der Waals surface area (Å²) in [5.74, 6) is 0. The van der Waals surface area contributed by atoms with Gasteiger partial charge < -0.3 is 14.2 Å². The summed E-state index contributed by atoms with van der Waals surface area (Å²) in [6.07, 6.45) is 7.40. The van der Waals surface area contributed by atoms with E-state index >= 15 is 0 Å². The number of hydrogen-bond donors (Lipinski definition) is 0. The van der Waals surface area contributed by atoms with Gasteiger partial charge in [0, 0.05) is 0 Å². The molecule has 138 valence electrons. The Labute approximate surface area is 160 Å². The molecular weight excluding hydrogens is 338 g/mol. The minimum Gasteiger partial charge on any atom is -0.366 e. The highest BCUT2D eigenvalue weighted by atomic mass is 16.7. The Morgan fingerprint density at radius 1 is 1.00 bits per heavy atom. The van der Waals surface area contributed by atoms with E-state index in [4.69, 9.17) is 19.5 Å². The zero-order valence-corrected chi connectivity index (χ0v) is 15.4. The molecule has 0 unspecified atom stereocenters. The van der Waals surface area contributed by atoms with Crippen molar-refractivity contribution in [3.05, 3.63) is 84.0 Å². The van der Waals surface area contributed by atoms with Crippen LogP contribution >= 0.6 is 0 Å². The first kappa shape index (κ1) is 19.1. The van der Waals surface area contributed by atoms with E-state index in [0.717, 1.165) is 16.7 Å². The summed E-state index contributed by atoms with van der Waals surface area (Å²) in [5.41, 5.74) is 3.94. The van der Waals surface area contributed by atoms with Gasteiger partial charge in [0.05, 0.1) is 31.5 Å². The fraction of sp³-hybridized carbons (Fsp3) is 0.261. The van der Waals surface area contributed by atoms with Crippen molar-refractivity contribution in [3.63, 3.8) is 0 Å². The van der Waals surface area contributed by atoms with Gasteiger partial charge in [-0.3, -0.25) is 0 Å². The highest BCUT2D eigenvalue weighted by Crippen LogP contribution is 2.26. The molecule has 0 N–H and O–H groups in total. The molecule has 2 aromatic rings. The van der Waals surface area contributed by atoms with Gasteiger partial charge in [0.25, 0.3) is 0 Å². The largest absolute Gasteiger partial charge is 0.366 e. The Kier molecular flexibility index (Phi) is 6.95. The predicted octanol–water partition coefficient (Wildman–Crippen LogP) is 4.79. The maximum absolute atomic E-state index is 8.89. The molecule has 27 heavy (non-hydrogen) atoms. The van der Waals surface area contributed by atoms with Crippen molar-refractivity contribution < 1.29 is 14.2 Å². The topological polar surface area (TPSA) is 51.5 Å². The average Bonchev–Trinajstić information content (AvgIpc) is 2.74. The van der Waals surface area contributed by atoms with Crippen LogP contribution in [0.15, 0.2) is 72.8 Å². The molecule has 0 aliphatic carbocycles. The lowest BCUT2D eigenvalue weighted by molar-refractivity contribution is -0.232. The number of benzene rings is 2. The van der Waals surface area contributed by atoms with Gasteiger partial charge in [-0.15, -0.1) is 0 Å². The number of allylic oxidation sites excluding steroid dienone is 3. The van der Waals surface area contributed by atoms with Gasteiger partial charge in [-0.25, -0.2) is 0 Å². The normalized spacial score (nSPS) is 20.1. The maximum Gasteiger partial charge on any atom is 0.181 e. The minimum absolute atomic E-state index is 0.0848. The molecule has 1 aliphatic heterocycles. The monoisotopic (exact) mass is 361 g/mol. The molecule has 4 nitrogen and oxygen atoms in total. The van der Waals surface area contributed by atoms with Crippen LogP contribution in [0.1, 0.15) is 24.2 Å². The molecule has 2 atom stereocenters. The molecule has 1 fully saturated rings. The summed E-state index contributed by atoms with van der Waals surface area (Å²) in [6, 6.07) is 18.0. The zero-order valence-electron chi connectivity index (χ0n) is 15.4. The molecule has 0 amide bonds. The van der Waals surface area contributed by atoms with Gasteiger partial charge in [0.2, 0.25) is 0 Å². The van der Waals surface area contributed by atoms with Crippen molar-refractivity contribution in [2.75, 3.05) is 19.8 Å². The Balaban J connectivity index is 1.52. The molecule has 0 saturated carbocycles. The van der Waals surface area contributed by atoms with Crippen molar-refractivity contribution in [1.82, 2.24) is 0 Å². The first-order valence-electron chi connectivity index (χ1n) is 9.03. The lowest BCUT2D eigenvalue weighted by Gasteiger charge is -2.29. The molecule has 0 radical (unpaired) electrons. The Hall–Kier alpha value is -2.71. The SMILES string of the molecule is C/C=C/C=C/CO[C@@H]1CO[C@@H](c2ccc(-c3ccc(C#N)cc3)cc2)CO1. The van der Waals surface area contributed by atoms with Crippen LogP contribution in [0.4, 0.5) is 0 Å². The number of nitriles is 1. The van der Waals surface area contributed by atoms with Crippen LogP contribution in [-0.4, -0.2) is 26.1 Å². The summed E-state index contributed by atoms with van der Waals surface area (Å²) in [7, 11) is 0. The molecule has 3 rings (SSSR count). The van der Waals surface area contributed by atoms with Crippen molar-refractivity contribution in [1.29, 1.82) is 5.26 Å². The fourth-order valence-corrected chi connectivity index (χ4v) is 2.81. The summed E-state index contributed by atoms with van der Waals surface area (Å²) >= 11 is 0. The van der Waals surface area contributed by atoms with Gasteiger partial charge in [0.1, 0.15) is 6.10 Å². The van der Waals surface area contributed by atoms with E-state index in [0.29, 0.717) is 25.4 Å². The lowest BCUT2D eigenvalue weighted by Crippen LogP contribution is -2.33. The Morgan fingerprint density at radius 3 is 2.30 bits per heavy atom. The second-order valence-corrected chi connectivity index (χ2v) is 6.18. The summed E-state index contributed by atoms with van der Waals surface area (Å²) < 4.78 is 17.3. The van der Waals surface area contributed by atoms with E-state index in [-0.39, 0.29) is 12.4 Å². The van der Waals surface area contributed by atoms with Crippen LogP contribution in [0, 0.1) is 11.3 Å². The van der Waals surface area contributed by atoms with Crippen LogP contribution < -0.4 is 0 Å². The van der Waals surface area contributed by atoms with Crippen LogP contribution in [0.25, 0.3) is 11.1 Å².